The highest BCUT2D eigenvalue weighted by Crippen LogP contribution is 2.35. The number of aliphatic carboxylic acids is 1. The number of nitrogens with zero attached hydrogens (tertiary/aromatic N) is 1. The Morgan fingerprint density at radius 3 is 2.04 bits per heavy atom. The van der Waals surface area contributed by atoms with E-state index in [0.717, 1.165) is 38.9 Å². The molecule has 0 spiro atoms. The van der Waals surface area contributed by atoms with E-state index in [1.807, 2.05) is 21.1 Å². The van der Waals surface area contributed by atoms with Crippen LogP contribution in [0.25, 0.3) is 0 Å². The highest BCUT2D eigenvalue weighted by Gasteiger charge is 2.25. The Labute approximate surface area is 172 Å². The van der Waals surface area contributed by atoms with Crippen molar-refractivity contribution in [2.45, 2.75) is 77.2 Å². The number of carboxylic acids is 1. The molecular formula is C20H43NO6P+. The van der Waals surface area contributed by atoms with Gasteiger partial charge in [0.2, 0.25) is 0 Å². The molecule has 2 atom stereocenters. The van der Waals surface area contributed by atoms with Gasteiger partial charge < -0.3 is 28.3 Å². The van der Waals surface area contributed by atoms with Crippen LogP contribution in [0, 0.1) is 0 Å². The molecule has 0 rings (SSSR count). The highest BCUT2D eigenvalue weighted by molar-refractivity contribution is 7.40. The summed E-state index contributed by atoms with van der Waals surface area (Å²) in [4.78, 5) is 20.9. The molecule has 168 valence electrons. The van der Waals surface area contributed by atoms with Crippen molar-refractivity contribution < 1.29 is 33.1 Å². The van der Waals surface area contributed by atoms with Gasteiger partial charge in [-0.05, 0) is 25.7 Å². The summed E-state index contributed by atoms with van der Waals surface area (Å²) >= 11 is 0. The molecule has 2 N–H and O–H groups in total. The van der Waals surface area contributed by atoms with E-state index < -0.39 is 20.7 Å². The number of hydrogen-bond donors (Lipinski definition) is 2. The first-order valence-corrected chi connectivity index (χ1v) is 11.8. The SMILES string of the molecule is CCCCCCCCOCCCCCOP(O)O[C@H](CC(=O)O)C[N+](C)(C)C. The second-order valence-electron chi connectivity index (χ2n) is 8.31. The second-order valence-corrected chi connectivity index (χ2v) is 9.25. The van der Waals surface area contributed by atoms with E-state index in [1.165, 1.54) is 32.1 Å². The van der Waals surface area contributed by atoms with Gasteiger partial charge in [-0.2, -0.15) is 0 Å². The van der Waals surface area contributed by atoms with E-state index in [0.29, 0.717) is 17.6 Å². The smallest absolute Gasteiger partial charge is 0.330 e. The topological polar surface area (TPSA) is 85.2 Å². The molecule has 0 saturated carbocycles. The zero-order valence-electron chi connectivity index (χ0n) is 18.4. The van der Waals surface area contributed by atoms with E-state index in [1.54, 1.807) is 0 Å². The van der Waals surface area contributed by atoms with E-state index in [2.05, 4.69) is 6.92 Å². The highest BCUT2D eigenvalue weighted by atomic mass is 31.2. The summed E-state index contributed by atoms with van der Waals surface area (Å²) < 4.78 is 16.9. The number of hydrogen-bond acceptors (Lipinski definition) is 5. The summed E-state index contributed by atoms with van der Waals surface area (Å²) in [6.45, 7) is 4.74. The Hall–Kier alpha value is -0.300. The zero-order valence-corrected chi connectivity index (χ0v) is 19.3. The van der Waals surface area contributed by atoms with Crippen molar-refractivity contribution in [2.75, 3.05) is 47.5 Å². The molecule has 0 radical (unpaired) electrons. The molecular weight excluding hydrogens is 381 g/mol. The Kier molecular flexibility index (Phi) is 17.4. The van der Waals surface area contributed by atoms with Gasteiger partial charge in [-0.15, -0.1) is 0 Å². The van der Waals surface area contributed by atoms with Crippen LogP contribution in [-0.2, 0) is 18.6 Å². The molecule has 1 unspecified atom stereocenters. The van der Waals surface area contributed by atoms with Gasteiger partial charge in [-0.3, -0.25) is 4.79 Å². The number of carbonyl (C=O) groups is 1. The average molecular weight is 425 g/mol. The van der Waals surface area contributed by atoms with Gasteiger partial charge >= 0.3 is 14.6 Å². The maximum atomic E-state index is 10.9. The van der Waals surface area contributed by atoms with E-state index in [4.69, 9.17) is 18.9 Å². The molecule has 0 heterocycles. The number of quaternary nitrogens is 1. The number of ether oxygens (including phenoxy) is 1. The minimum absolute atomic E-state index is 0.145. The monoisotopic (exact) mass is 424 g/mol. The van der Waals surface area contributed by atoms with E-state index in [-0.39, 0.29) is 6.42 Å². The largest absolute Gasteiger partial charge is 0.481 e. The van der Waals surface area contributed by atoms with E-state index >= 15 is 0 Å². The van der Waals surface area contributed by atoms with Gasteiger partial charge in [0.25, 0.3) is 0 Å². The van der Waals surface area contributed by atoms with Gasteiger partial charge in [0.05, 0.1) is 34.2 Å². The van der Waals surface area contributed by atoms with Crippen LogP contribution < -0.4 is 0 Å². The Bertz CT molecular complexity index is 378. The lowest BCUT2D eigenvalue weighted by atomic mass is 10.1. The molecule has 0 aromatic heterocycles. The molecule has 0 aromatic carbocycles. The van der Waals surface area contributed by atoms with Gasteiger partial charge in [-0.25, -0.2) is 0 Å². The van der Waals surface area contributed by atoms with Crippen molar-refractivity contribution >= 4 is 14.6 Å². The second kappa shape index (κ2) is 17.5. The van der Waals surface area contributed by atoms with E-state index in [9.17, 15) is 9.69 Å². The fraction of sp³-hybridized carbons (Fsp3) is 0.950. The molecule has 0 bridgehead atoms. The van der Waals surface area contributed by atoms with Gasteiger partial charge in [-0.1, -0.05) is 39.0 Å². The third kappa shape index (κ3) is 20.4. The lowest BCUT2D eigenvalue weighted by Gasteiger charge is -2.29. The lowest BCUT2D eigenvalue weighted by molar-refractivity contribution is -0.873. The summed E-state index contributed by atoms with van der Waals surface area (Å²) in [5.74, 6) is -0.942. The van der Waals surface area contributed by atoms with Crippen LogP contribution in [0.3, 0.4) is 0 Å². The molecule has 8 heteroatoms. The first-order valence-electron chi connectivity index (χ1n) is 10.6. The first kappa shape index (κ1) is 27.7. The number of rotatable bonds is 20. The van der Waals surface area contributed by atoms with Gasteiger partial charge in [0.1, 0.15) is 12.6 Å². The van der Waals surface area contributed by atoms with Crippen molar-refractivity contribution in [3.63, 3.8) is 0 Å². The minimum Gasteiger partial charge on any atom is -0.481 e. The number of likely N-dealkylation sites (N-methyl/N-ethyl adjacent to an activating group) is 1. The molecule has 0 aromatic rings. The van der Waals surface area contributed by atoms with Gasteiger partial charge in [0, 0.05) is 13.2 Å². The lowest BCUT2D eigenvalue weighted by Crippen LogP contribution is -2.42. The number of carboxylic acid groups (broad SMARTS) is 1. The molecule has 0 amide bonds. The van der Waals surface area contributed by atoms with Crippen LogP contribution >= 0.6 is 8.60 Å². The predicted molar refractivity (Wildman–Crippen MR) is 113 cm³/mol. The van der Waals surface area contributed by atoms with Crippen LogP contribution in [0.1, 0.15) is 71.1 Å². The Morgan fingerprint density at radius 2 is 1.46 bits per heavy atom. The molecule has 28 heavy (non-hydrogen) atoms. The average Bonchev–Trinajstić information content (AvgIpc) is 2.56. The summed E-state index contributed by atoms with van der Waals surface area (Å²) in [6, 6.07) is 0. The van der Waals surface area contributed by atoms with Crippen LogP contribution in [-0.4, -0.2) is 74.1 Å². The van der Waals surface area contributed by atoms with Crippen molar-refractivity contribution in [1.82, 2.24) is 0 Å². The summed E-state index contributed by atoms with van der Waals surface area (Å²) in [7, 11) is 3.81. The fourth-order valence-electron chi connectivity index (χ4n) is 2.81. The molecule has 7 nitrogen and oxygen atoms in total. The fourth-order valence-corrected chi connectivity index (χ4v) is 3.55. The van der Waals surface area contributed by atoms with Crippen molar-refractivity contribution in [3.05, 3.63) is 0 Å². The number of unbranched alkanes of at least 4 members (excludes halogenated alkanes) is 7. The van der Waals surface area contributed by atoms with Gasteiger partial charge in [0.15, 0.2) is 0 Å². The molecule has 0 aliphatic carbocycles. The summed E-state index contributed by atoms with van der Waals surface area (Å²) in [6.07, 6.45) is 9.71. The maximum Gasteiger partial charge on any atom is 0.330 e. The van der Waals surface area contributed by atoms with Crippen LogP contribution in [0.15, 0.2) is 0 Å². The quantitative estimate of drug-likeness (QED) is 0.172. The van der Waals surface area contributed by atoms with Crippen molar-refractivity contribution in [3.8, 4) is 0 Å². The minimum atomic E-state index is -2.05. The van der Waals surface area contributed by atoms with Crippen LogP contribution in [0.2, 0.25) is 0 Å². The zero-order chi connectivity index (χ0) is 21.3. The van der Waals surface area contributed by atoms with Crippen molar-refractivity contribution in [1.29, 1.82) is 0 Å². The molecule has 0 saturated heterocycles. The molecule has 0 aliphatic rings. The summed E-state index contributed by atoms with van der Waals surface area (Å²) in [5.41, 5.74) is 0. The third-order valence-electron chi connectivity index (χ3n) is 4.17. The molecule has 0 aliphatic heterocycles. The van der Waals surface area contributed by atoms with Crippen LogP contribution in [0.5, 0.6) is 0 Å². The Morgan fingerprint density at radius 1 is 0.929 bits per heavy atom. The van der Waals surface area contributed by atoms with Crippen LogP contribution in [0.4, 0.5) is 0 Å². The molecule has 0 fully saturated rings. The predicted octanol–water partition coefficient (Wildman–Crippen LogP) is 4.34. The normalized spacial score (nSPS) is 14.2. The maximum absolute atomic E-state index is 10.9. The first-order chi connectivity index (χ1) is 13.2. The standard InChI is InChI=1S/C20H42NO6P/c1-5-6-7-8-9-11-14-25-15-12-10-13-16-26-28(24)27-19(17-20(22)23)18-21(2,3)4/h19,24H,5-18H2,1-4H3/p+1/t19-,28?/m1/s1. The Balaban J connectivity index is 3.61. The van der Waals surface area contributed by atoms with Crippen molar-refractivity contribution in [2.24, 2.45) is 0 Å². The third-order valence-corrected chi connectivity index (χ3v) is 5.05. The summed E-state index contributed by atoms with van der Waals surface area (Å²) in [5, 5.41) is 8.98.